The summed E-state index contributed by atoms with van der Waals surface area (Å²) < 4.78 is 27.1. The van der Waals surface area contributed by atoms with Crippen LogP contribution in [0.1, 0.15) is 25.7 Å². The zero-order valence-corrected chi connectivity index (χ0v) is 12.7. The molecule has 0 aromatic carbocycles. The molecule has 0 unspecified atom stereocenters. The molecule has 1 fully saturated rings. The number of halogens is 1. The van der Waals surface area contributed by atoms with Crippen molar-refractivity contribution in [1.82, 2.24) is 9.29 Å². The third-order valence-electron chi connectivity index (χ3n) is 3.24. The SMILES string of the molecule is N#CCN(C1CCCC1)S(=O)(=O)c1cncc(Br)c1. The van der Waals surface area contributed by atoms with E-state index in [9.17, 15) is 8.42 Å². The Hall–Kier alpha value is -0.970. The van der Waals surface area contributed by atoms with Gasteiger partial charge in [-0.2, -0.15) is 9.57 Å². The van der Waals surface area contributed by atoms with Crippen molar-refractivity contribution in [2.75, 3.05) is 6.54 Å². The monoisotopic (exact) mass is 343 g/mol. The lowest BCUT2D eigenvalue weighted by Gasteiger charge is -2.25. The Bertz CT molecular complexity index is 591. The van der Waals surface area contributed by atoms with Crippen molar-refractivity contribution in [3.63, 3.8) is 0 Å². The van der Waals surface area contributed by atoms with Gasteiger partial charge in [-0.1, -0.05) is 12.8 Å². The maximum atomic E-state index is 12.6. The quantitative estimate of drug-likeness (QED) is 0.786. The molecular weight excluding hydrogens is 330 g/mol. The lowest BCUT2D eigenvalue weighted by atomic mass is 10.2. The van der Waals surface area contributed by atoms with Gasteiger partial charge in [-0.05, 0) is 34.8 Å². The highest BCUT2D eigenvalue weighted by atomic mass is 79.9. The van der Waals surface area contributed by atoms with Gasteiger partial charge in [-0.15, -0.1) is 0 Å². The maximum Gasteiger partial charge on any atom is 0.245 e. The number of hydrogen-bond donors (Lipinski definition) is 0. The molecule has 0 atom stereocenters. The van der Waals surface area contributed by atoms with Crippen LogP contribution >= 0.6 is 15.9 Å². The molecule has 0 amide bonds. The first-order valence-electron chi connectivity index (χ1n) is 6.05. The Morgan fingerprint density at radius 3 is 2.68 bits per heavy atom. The molecule has 19 heavy (non-hydrogen) atoms. The number of aromatic nitrogens is 1. The molecule has 1 aliphatic rings. The Balaban J connectivity index is 2.37. The first-order chi connectivity index (χ1) is 9.05. The summed E-state index contributed by atoms with van der Waals surface area (Å²) in [6, 6.07) is 3.40. The fourth-order valence-corrected chi connectivity index (χ4v) is 4.43. The minimum Gasteiger partial charge on any atom is -0.262 e. The molecular formula is C12H14BrN3O2S. The number of nitrogens with zero attached hydrogens (tertiary/aromatic N) is 3. The van der Waals surface area contributed by atoms with Crippen LogP contribution in [0.25, 0.3) is 0 Å². The van der Waals surface area contributed by atoms with Gasteiger partial charge < -0.3 is 0 Å². The van der Waals surface area contributed by atoms with Crippen LogP contribution < -0.4 is 0 Å². The molecule has 0 N–H and O–H groups in total. The molecule has 7 heteroatoms. The Morgan fingerprint density at radius 1 is 1.42 bits per heavy atom. The maximum absolute atomic E-state index is 12.6. The van der Waals surface area contributed by atoms with Gasteiger partial charge in [0.1, 0.15) is 11.4 Å². The molecule has 1 aliphatic carbocycles. The van der Waals surface area contributed by atoms with Crippen molar-refractivity contribution in [2.24, 2.45) is 0 Å². The predicted octanol–water partition coefficient (Wildman–Crippen LogP) is 2.30. The summed E-state index contributed by atoms with van der Waals surface area (Å²) in [6.45, 7) is -0.112. The first-order valence-corrected chi connectivity index (χ1v) is 8.28. The second-order valence-corrected chi connectivity index (χ2v) is 7.29. The van der Waals surface area contributed by atoms with Gasteiger partial charge in [0.2, 0.25) is 10.0 Å². The van der Waals surface area contributed by atoms with E-state index in [2.05, 4.69) is 20.9 Å². The molecule has 0 bridgehead atoms. The van der Waals surface area contributed by atoms with Crippen LogP contribution in [0.5, 0.6) is 0 Å². The van der Waals surface area contributed by atoms with E-state index in [0.29, 0.717) is 4.47 Å². The van der Waals surface area contributed by atoms with Crippen LogP contribution in [-0.2, 0) is 10.0 Å². The van der Waals surface area contributed by atoms with Gasteiger partial charge in [0.25, 0.3) is 0 Å². The van der Waals surface area contributed by atoms with E-state index < -0.39 is 10.0 Å². The van der Waals surface area contributed by atoms with E-state index in [4.69, 9.17) is 5.26 Å². The molecule has 0 radical (unpaired) electrons. The van der Waals surface area contributed by atoms with Crippen LogP contribution in [0.15, 0.2) is 27.8 Å². The van der Waals surface area contributed by atoms with Crippen molar-refractivity contribution in [3.05, 3.63) is 22.9 Å². The lowest BCUT2D eigenvalue weighted by molar-refractivity contribution is 0.350. The minimum absolute atomic E-state index is 0.0661. The van der Waals surface area contributed by atoms with E-state index in [1.807, 2.05) is 6.07 Å². The number of hydrogen-bond acceptors (Lipinski definition) is 4. The van der Waals surface area contributed by atoms with Gasteiger partial charge >= 0.3 is 0 Å². The van der Waals surface area contributed by atoms with E-state index in [1.54, 1.807) is 0 Å². The van der Waals surface area contributed by atoms with Gasteiger partial charge in [-0.25, -0.2) is 8.42 Å². The number of rotatable bonds is 4. The molecule has 5 nitrogen and oxygen atoms in total. The second-order valence-electron chi connectivity index (χ2n) is 4.49. The van der Waals surface area contributed by atoms with Crippen molar-refractivity contribution < 1.29 is 8.42 Å². The molecule has 102 valence electrons. The van der Waals surface area contributed by atoms with Gasteiger partial charge in [-0.3, -0.25) is 4.98 Å². The van der Waals surface area contributed by atoms with Crippen LogP contribution in [0.3, 0.4) is 0 Å². The summed E-state index contributed by atoms with van der Waals surface area (Å²) in [5.74, 6) is 0. The minimum atomic E-state index is -3.65. The fourth-order valence-electron chi connectivity index (χ4n) is 2.34. The average Bonchev–Trinajstić information content (AvgIpc) is 2.89. The molecule has 1 aromatic rings. The summed E-state index contributed by atoms with van der Waals surface area (Å²) >= 11 is 3.22. The zero-order valence-electron chi connectivity index (χ0n) is 10.3. The topological polar surface area (TPSA) is 74.1 Å². The summed E-state index contributed by atoms with van der Waals surface area (Å²) in [6.07, 6.45) is 6.52. The summed E-state index contributed by atoms with van der Waals surface area (Å²) in [7, 11) is -3.65. The molecule has 0 spiro atoms. The van der Waals surface area contributed by atoms with Gasteiger partial charge in [0.15, 0.2) is 0 Å². The smallest absolute Gasteiger partial charge is 0.245 e. The molecule has 2 rings (SSSR count). The third kappa shape index (κ3) is 3.14. The van der Waals surface area contributed by atoms with E-state index in [0.717, 1.165) is 25.7 Å². The van der Waals surface area contributed by atoms with Crippen LogP contribution in [-0.4, -0.2) is 30.3 Å². The van der Waals surface area contributed by atoms with Crippen LogP contribution in [0.2, 0.25) is 0 Å². The zero-order chi connectivity index (χ0) is 13.9. The van der Waals surface area contributed by atoms with Crippen molar-refractivity contribution >= 4 is 26.0 Å². The molecule has 0 saturated heterocycles. The highest BCUT2D eigenvalue weighted by Gasteiger charge is 2.33. The molecule has 0 aliphatic heterocycles. The van der Waals surface area contributed by atoms with E-state index in [-0.39, 0.29) is 17.5 Å². The number of pyridine rings is 1. The Kier molecular flexibility index (Phi) is 4.55. The van der Waals surface area contributed by atoms with Crippen molar-refractivity contribution in [2.45, 2.75) is 36.6 Å². The van der Waals surface area contributed by atoms with Crippen molar-refractivity contribution in [1.29, 1.82) is 5.26 Å². The fraction of sp³-hybridized carbons (Fsp3) is 0.500. The Morgan fingerprint density at radius 2 is 2.11 bits per heavy atom. The van der Waals surface area contributed by atoms with E-state index in [1.165, 1.54) is 22.8 Å². The summed E-state index contributed by atoms with van der Waals surface area (Å²) in [4.78, 5) is 4.01. The largest absolute Gasteiger partial charge is 0.262 e. The average molecular weight is 344 g/mol. The van der Waals surface area contributed by atoms with Gasteiger partial charge in [0.05, 0.1) is 6.07 Å². The normalized spacial score (nSPS) is 16.7. The molecule has 1 heterocycles. The van der Waals surface area contributed by atoms with E-state index >= 15 is 0 Å². The predicted molar refractivity (Wildman–Crippen MR) is 73.7 cm³/mol. The third-order valence-corrected chi connectivity index (χ3v) is 5.54. The lowest BCUT2D eigenvalue weighted by Crippen LogP contribution is -2.39. The first kappa shape index (κ1) is 14.4. The number of nitriles is 1. The molecule has 1 aromatic heterocycles. The van der Waals surface area contributed by atoms with Crippen LogP contribution in [0, 0.1) is 11.3 Å². The highest BCUT2D eigenvalue weighted by Crippen LogP contribution is 2.28. The van der Waals surface area contributed by atoms with Crippen LogP contribution in [0.4, 0.5) is 0 Å². The van der Waals surface area contributed by atoms with Gasteiger partial charge in [0, 0.05) is 22.9 Å². The summed E-state index contributed by atoms with van der Waals surface area (Å²) in [5, 5.41) is 8.88. The number of sulfonamides is 1. The Labute approximate surface area is 121 Å². The summed E-state index contributed by atoms with van der Waals surface area (Å²) in [5.41, 5.74) is 0. The second kappa shape index (κ2) is 5.99. The highest BCUT2D eigenvalue weighted by molar-refractivity contribution is 9.10. The van der Waals surface area contributed by atoms with Crippen molar-refractivity contribution in [3.8, 4) is 6.07 Å². The standard InChI is InChI=1S/C12H14BrN3O2S/c13-10-7-12(9-15-8-10)19(17,18)16(6-5-14)11-3-1-2-4-11/h7-9,11H,1-4,6H2. The molecule has 1 saturated carbocycles.